The number of urea groups is 1. The van der Waals surface area contributed by atoms with Crippen molar-refractivity contribution in [2.75, 3.05) is 23.3 Å². The number of nitrogens with zero attached hydrogens (tertiary/aromatic N) is 1. The summed E-state index contributed by atoms with van der Waals surface area (Å²) in [6.45, 7) is 1.58. The Morgan fingerprint density at radius 1 is 0.966 bits per heavy atom. The molecule has 146 valence electrons. The van der Waals surface area contributed by atoms with Crippen molar-refractivity contribution in [1.82, 2.24) is 5.32 Å². The van der Waals surface area contributed by atoms with Crippen LogP contribution in [-0.4, -0.2) is 25.0 Å². The largest absolute Gasteiger partial charge is 0.489 e. The molecule has 0 spiro atoms. The van der Waals surface area contributed by atoms with Crippen LogP contribution in [0.5, 0.6) is 5.75 Å². The second-order valence-corrected chi connectivity index (χ2v) is 6.64. The molecule has 0 aliphatic carbocycles. The van der Waals surface area contributed by atoms with Crippen molar-refractivity contribution in [3.05, 3.63) is 90.0 Å². The Morgan fingerprint density at radius 2 is 1.69 bits per heavy atom. The van der Waals surface area contributed by atoms with Gasteiger partial charge in [-0.15, -0.1) is 0 Å². The Hall–Kier alpha value is -3.80. The number of para-hydroxylation sites is 1. The van der Waals surface area contributed by atoms with Crippen molar-refractivity contribution in [2.45, 2.75) is 6.61 Å². The third-order valence-corrected chi connectivity index (χ3v) is 4.69. The van der Waals surface area contributed by atoms with Crippen LogP contribution in [0.2, 0.25) is 0 Å². The highest BCUT2D eigenvalue weighted by Crippen LogP contribution is 2.21. The molecule has 2 N–H and O–H groups in total. The molecule has 1 heterocycles. The standard InChI is InChI=1S/C23H21N3O3/c27-22(25-18-10-12-19(13-11-18)26-15-14-24-23(26)28)21-9-5-4-6-17(21)16-29-20-7-2-1-3-8-20/h1-13H,14-16H2,(H,24,28)(H,25,27). The van der Waals surface area contributed by atoms with Crippen molar-refractivity contribution in [1.29, 1.82) is 0 Å². The van der Waals surface area contributed by atoms with E-state index in [4.69, 9.17) is 4.74 Å². The molecule has 6 nitrogen and oxygen atoms in total. The minimum Gasteiger partial charge on any atom is -0.489 e. The molecular weight excluding hydrogens is 366 g/mol. The van der Waals surface area contributed by atoms with E-state index in [1.54, 1.807) is 23.1 Å². The number of anilines is 2. The fourth-order valence-electron chi connectivity index (χ4n) is 3.19. The second kappa shape index (κ2) is 8.48. The van der Waals surface area contributed by atoms with Gasteiger partial charge in [-0.1, -0.05) is 36.4 Å². The average Bonchev–Trinajstić information content (AvgIpc) is 3.19. The SMILES string of the molecule is O=C(Nc1ccc(N2CCNC2=O)cc1)c1ccccc1COc1ccccc1. The van der Waals surface area contributed by atoms with Crippen LogP contribution in [0.3, 0.4) is 0 Å². The first-order chi connectivity index (χ1) is 14.2. The Kier molecular flexibility index (Phi) is 5.42. The number of carbonyl (C=O) groups is 2. The van der Waals surface area contributed by atoms with Gasteiger partial charge in [-0.25, -0.2) is 4.79 Å². The highest BCUT2D eigenvalue weighted by atomic mass is 16.5. The fourth-order valence-corrected chi connectivity index (χ4v) is 3.19. The second-order valence-electron chi connectivity index (χ2n) is 6.64. The van der Waals surface area contributed by atoms with E-state index in [0.717, 1.165) is 17.0 Å². The van der Waals surface area contributed by atoms with Gasteiger partial charge >= 0.3 is 6.03 Å². The zero-order valence-electron chi connectivity index (χ0n) is 15.8. The minimum absolute atomic E-state index is 0.103. The Morgan fingerprint density at radius 3 is 2.41 bits per heavy atom. The van der Waals surface area contributed by atoms with Crippen molar-refractivity contribution in [3.63, 3.8) is 0 Å². The Balaban J connectivity index is 1.44. The van der Waals surface area contributed by atoms with Gasteiger partial charge in [-0.3, -0.25) is 9.69 Å². The molecule has 1 fully saturated rings. The molecule has 6 heteroatoms. The first-order valence-corrected chi connectivity index (χ1v) is 9.43. The van der Waals surface area contributed by atoms with Gasteiger partial charge in [-0.2, -0.15) is 0 Å². The summed E-state index contributed by atoms with van der Waals surface area (Å²) in [5.74, 6) is 0.549. The molecular formula is C23H21N3O3. The van der Waals surface area contributed by atoms with Gasteiger partial charge in [0.1, 0.15) is 12.4 Å². The fraction of sp³-hybridized carbons (Fsp3) is 0.130. The summed E-state index contributed by atoms with van der Waals surface area (Å²) in [7, 11) is 0. The average molecular weight is 387 g/mol. The number of nitrogens with one attached hydrogen (secondary N) is 2. The van der Waals surface area contributed by atoms with Crippen LogP contribution in [0, 0.1) is 0 Å². The van der Waals surface area contributed by atoms with E-state index in [1.807, 2.05) is 60.7 Å². The first kappa shape index (κ1) is 18.6. The van der Waals surface area contributed by atoms with Crippen LogP contribution >= 0.6 is 0 Å². The van der Waals surface area contributed by atoms with Crippen LogP contribution in [0.1, 0.15) is 15.9 Å². The lowest BCUT2D eigenvalue weighted by Gasteiger charge is -2.15. The van der Waals surface area contributed by atoms with Crippen LogP contribution in [0.4, 0.5) is 16.2 Å². The van der Waals surface area contributed by atoms with Gasteiger partial charge < -0.3 is 15.4 Å². The molecule has 0 aromatic heterocycles. The van der Waals surface area contributed by atoms with Crippen LogP contribution < -0.4 is 20.3 Å². The summed E-state index contributed by atoms with van der Waals surface area (Å²) in [6.07, 6.45) is 0. The highest BCUT2D eigenvalue weighted by Gasteiger charge is 2.21. The molecule has 0 radical (unpaired) electrons. The summed E-state index contributed by atoms with van der Waals surface area (Å²) in [4.78, 5) is 26.2. The monoisotopic (exact) mass is 387 g/mol. The van der Waals surface area contributed by atoms with Crippen molar-refractivity contribution in [2.24, 2.45) is 0 Å². The summed E-state index contributed by atoms with van der Waals surface area (Å²) < 4.78 is 5.79. The third kappa shape index (κ3) is 4.38. The molecule has 3 aromatic rings. The molecule has 0 saturated carbocycles. The van der Waals surface area contributed by atoms with Gasteiger partial charge in [0.25, 0.3) is 5.91 Å². The predicted octanol–water partition coefficient (Wildman–Crippen LogP) is 4.05. The number of amides is 3. The summed E-state index contributed by atoms with van der Waals surface area (Å²) in [6, 6.07) is 24.0. The predicted molar refractivity (Wildman–Crippen MR) is 112 cm³/mol. The molecule has 1 saturated heterocycles. The van der Waals surface area contributed by atoms with Gasteiger partial charge in [0, 0.05) is 35.6 Å². The number of hydrogen-bond acceptors (Lipinski definition) is 3. The minimum atomic E-state index is -0.205. The van der Waals surface area contributed by atoms with Gasteiger partial charge in [0.2, 0.25) is 0 Å². The maximum Gasteiger partial charge on any atom is 0.321 e. The van der Waals surface area contributed by atoms with Gasteiger partial charge in [0.05, 0.1) is 0 Å². The normalized spacial score (nSPS) is 13.1. The van der Waals surface area contributed by atoms with E-state index in [9.17, 15) is 9.59 Å². The lowest BCUT2D eigenvalue weighted by Crippen LogP contribution is -2.27. The number of rotatable bonds is 6. The van der Waals surface area contributed by atoms with E-state index in [2.05, 4.69) is 10.6 Å². The molecule has 4 rings (SSSR count). The molecule has 3 amide bonds. The quantitative estimate of drug-likeness (QED) is 0.670. The van der Waals surface area contributed by atoms with Gasteiger partial charge in [-0.05, 0) is 42.5 Å². The van der Waals surface area contributed by atoms with Crippen LogP contribution in [-0.2, 0) is 6.61 Å². The van der Waals surface area contributed by atoms with Crippen molar-refractivity contribution >= 4 is 23.3 Å². The van der Waals surface area contributed by atoms with E-state index in [0.29, 0.717) is 30.9 Å². The molecule has 1 aliphatic rings. The number of carbonyl (C=O) groups excluding carboxylic acids is 2. The van der Waals surface area contributed by atoms with E-state index in [-0.39, 0.29) is 11.9 Å². The third-order valence-electron chi connectivity index (χ3n) is 4.69. The zero-order valence-corrected chi connectivity index (χ0v) is 15.8. The van der Waals surface area contributed by atoms with Crippen LogP contribution in [0.25, 0.3) is 0 Å². The summed E-state index contributed by atoms with van der Waals surface area (Å²) in [5.41, 5.74) is 2.83. The molecule has 29 heavy (non-hydrogen) atoms. The van der Waals surface area contributed by atoms with Crippen molar-refractivity contribution < 1.29 is 14.3 Å². The first-order valence-electron chi connectivity index (χ1n) is 9.43. The zero-order chi connectivity index (χ0) is 20.1. The molecule has 0 unspecified atom stereocenters. The van der Waals surface area contributed by atoms with Crippen molar-refractivity contribution in [3.8, 4) is 5.75 Å². The number of hydrogen-bond donors (Lipinski definition) is 2. The lowest BCUT2D eigenvalue weighted by molar-refractivity contribution is 0.102. The van der Waals surface area contributed by atoms with E-state index in [1.165, 1.54) is 0 Å². The smallest absolute Gasteiger partial charge is 0.321 e. The summed E-state index contributed by atoms with van der Waals surface area (Å²) in [5, 5.41) is 5.68. The van der Waals surface area contributed by atoms with Gasteiger partial charge in [0.15, 0.2) is 0 Å². The Labute approximate surface area is 169 Å². The van der Waals surface area contributed by atoms with Crippen LogP contribution in [0.15, 0.2) is 78.9 Å². The molecule has 3 aromatic carbocycles. The van der Waals surface area contributed by atoms with E-state index >= 15 is 0 Å². The molecule has 1 aliphatic heterocycles. The highest BCUT2D eigenvalue weighted by molar-refractivity contribution is 6.05. The number of ether oxygens (including phenoxy) is 1. The number of benzene rings is 3. The van der Waals surface area contributed by atoms with E-state index < -0.39 is 0 Å². The molecule has 0 bridgehead atoms. The lowest BCUT2D eigenvalue weighted by atomic mass is 10.1. The molecule has 0 atom stereocenters. The maximum atomic E-state index is 12.8. The summed E-state index contributed by atoms with van der Waals surface area (Å²) >= 11 is 0. The maximum absolute atomic E-state index is 12.8. The topological polar surface area (TPSA) is 70.7 Å². The Bertz CT molecular complexity index is 1000.